The minimum atomic E-state index is -0.298. The number of fused-ring (bicyclic) bond motifs is 1. The van der Waals surface area contributed by atoms with Gasteiger partial charge in [0.15, 0.2) is 0 Å². The monoisotopic (exact) mass is 394 g/mol. The van der Waals surface area contributed by atoms with Gasteiger partial charge in [-0.3, -0.25) is 0 Å². The van der Waals surface area contributed by atoms with Crippen molar-refractivity contribution < 1.29 is 14.3 Å². The highest BCUT2D eigenvalue weighted by Crippen LogP contribution is 2.40. The third kappa shape index (κ3) is 5.85. The summed E-state index contributed by atoms with van der Waals surface area (Å²) in [6.45, 7) is 9.16. The molecule has 0 spiro atoms. The predicted octanol–water partition coefficient (Wildman–Crippen LogP) is 6.60. The van der Waals surface area contributed by atoms with E-state index in [2.05, 4.69) is 44.2 Å². The van der Waals surface area contributed by atoms with Crippen molar-refractivity contribution in [2.24, 2.45) is 5.41 Å². The summed E-state index contributed by atoms with van der Waals surface area (Å²) in [5.74, 6) is 1.30. The molecule has 2 aliphatic rings. The number of carbonyl (C=O) groups is 1. The summed E-state index contributed by atoms with van der Waals surface area (Å²) < 4.78 is 11.2. The van der Waals surface area contributed by atoms with E-state index in [9.17, 15) is 4.79 Å². The molecule has 3 nitrogen and oxygen atoms in total. The van der Waals surface area contributed by atoms with Crippen LogP contribution < -0.4 is 4.74 Å². The molecule has 0 unspecified atom stereocenters. The minimum absolute atomic E-state index is 0.0670. The second-order valence-electron chi connectivity index (χ2n) is 8.94. The maximum Gasteiger partial charge on any atom is 0.330 e. The van der Waals surface area contributed by atoms with Crippen LogP contribution in [0.1, 0.15) is 76.8 Å². The van der Waals surface area contributed by atoms with E-state index in [1.807, 2.05) is 19.9 Å². The molecule has 0 amide bonds. The van der Waals surface area contributed by atoms with Crippen LogP contribution in [0, 0.1) is 5.41 Å². The fourth-order valence-corrected chi connectivity index (χ4v) is 4.17. The van der Waals surface area contributed by atoms with E-state index in [1.165, 1.54) is 43.7 Å². The molecule has 3 heteroatoms. The average Bonchev–Trinajstić information content (AvgIpc) is 2.83. The zero-order valence-corrected chi connectivity index (χ0v) is 18.3. The lowest BCUT2D eigenvalue weighted by Gasteiger charge is -2.23. The summed E-state index contributed by atoms with van der Waals surface area (Å²) in [7, 11) is 0. The van der Waals surface area contributed by atoms with Crippen LogP contribution in [0.15, 0.2) is 48.1 Å². The van der Waals surface area contributed by atoms with E-state index < -0.39 is 0 Å². The van der Waals surface area contributed by atoms with Crippen LogP contribution in [0.4, 0.5) is 0 Å². The lowest BCUT2D eigenvalue weighted by atomic mass is 9.82. The first-order valence-electron chi connectivity index (χ1n) is 10.9. The van der Waals surface area contributed by atoms with Gasteiger partial charge in [-0.1, -0.05) is 57.4 Å². The summed E-state index contributed by atoms with van der Waals surface area (Å²) in [6.07, 6.45) is 14.5. The molecule has 1 fully saturated rings. The Hall–Kier alpha value is -2.29. The molecule has 1 heterocycles. The molecule has 0 atom stereocenters. The van der Waals surface area contributed by atoms with Crippen molar-refractivity contribution in [2.45, 2.75) is 65.7 Å². The quantitative estimate of drug-likeness (QED) is 0.320. The Labute approximate surface area is 175 Å². The van der Waals surface area contributed by atoms with Gasteiger partial charge < -0.3 is 9.47 Å². The van der Waals surface area contributed by atoms with Crippen LogP contribution in [0.5, 0.6) is 5.75 Å². The molecule has 0 radical (unpaired) electrons. The number of benzene rings is 1. The SMILES string of the molecule is CCOC(=O)C=C(C)C=CC1=CC(C)(C)COc2ccc(C3CCCCC3)cc21. The van der Waals surface area contributed by atoms with Crippen molar-refractivity contribution >= 4 is 11.5 Å². The van der Waals surface area contributed by atoms with Gasteiger partial charge in [0.25, 0.3) is 0 Å². The highest BCUT2D eigenvalue weighted by Gasteiger charge is 2.24. The number of hydrogen-bond acceptors (Lipinski definition) is 3. The van der Waals surface area contributed by atoms with E-state index in [-0.39, 0.29) is 11.4 Å². The van der Waals surface area contributed by atoms with Gasteiger partial charge in [0, 0.05) is 17.1 Å². The third-order valence-corrected chi connectivity index (χ3v) is 5.70. The van der Waals surface area contributed by atoms with Gasteiger partial charge in [0.1, 0.15) is 5.75 Å². The topological polar surface area (TPSA) is 35.5 Å². The first-order chi connectivity index (χ1) is 13.9. The number of allylic oxidation sites excluding steroid dienone is 4. The lowest BCUT2D eigenvalue weighted by Crippen LogP contribution is -2.17. The van der Waals surface area contributed by atoms with E-state index in [0.29, 0.717) is 19.1 Å². The Balaban J connectivity index is 1.93. The fraction of sp³-hybridized carbons (Fsp3) is 0.500. The third-order valence-electron chi connectivity index (χ3n) is 5.70. The Bertz CT molecular complexity index is 820. The van der Waals surface area contributed by atoms with Gasteiger partial charge in [0.05, 0.1) is 13.2 Å². The average molecular weight is 395 g/mol. The Morgan fingerprint density at radius 3 is 2.72 bits per heavy atom. The maximum absolute atomic E-state index is 11.7. The normalized spacial score (nSPS) is 19.9. The highest BCUT2D eigenvalue weighted by atomic mass is 16.5. The van der Waals surface area contributed by atoms with Crippen molar-refractivity contribution in [3.63, 3.8) is 0 Å². The summed E-state index contributed by atoms with van der Waals surface area (Å²) in [5, 5.41) is 0. The van der Waals surface area contributed by atoms with E-state index >= 15 is 0 Å². The van der Waals surface area contributed by atoms with Gasteiger partial charge >= 0.3 is 5.97 Å². The zero-order chi connectivity index (χ0) is 20.9. The van der Waals surface area contributed by atoms with Crippen molar-refractivity contribution in [1.82, 2.24) is 0 Å². The summed E-state index contributed by atoms with van der Waals surface area (Å²) >= 11 is 0. The number of carbonyl (C=O) groups excluding carboxylic acids is 1. The second-order valence-corrected chi connectivity index (χ2v) is 8.94. The Kier molecular flexibility index (Phi) is 7.00. The molecule has 0 saturated heterocycles. The van der Waals surface area contributed by atoms with Crippen LogP contribution in [-0.2, 0) is 9.53 Å². The number of ether oxygens (including phenoxy) is 2. The van der Waals surface area contributed by atoms with Crippen molar-refractivity contribution in [3.05, 3.63) is 59.2 Å². The standard InChI is InChI=1S/C26H34O3/c1-5-28-25(27)15-19(2)11-12-22-17-26(3,4)18-29-24-14-13-21(16-23(22)24)20-9-7-6-8-10-20/h11-17,20H,5-10,18H2,1-4H3. The largest absolute Gasteiger partial charge is 0.492 e. The van der Waals surface area contributed by atoms with E-state index in [1.54, 1.807) is 0 Å². The molecule has 1 saturated carbocycles. The molecule has 0 bridgehead atoms. The van der Waals surface area contributed by atoms with E-state index in [0.717, 1.165) is 22.5 Å². The molecular weight excluding hydrogens is 360 g/mol. The number of esters is 1. The molecule has 1 aromatic rings. The van der Waals surface area contributed by atoms with E-state index in [4.69, 9.17) is 9.47 Å². The molecule has 1 aromatic carbocycles. The van der Waals surface area contributed by atoms with Gasteiger partial charge in [-0.15, -0.1) is 0 Å². The first-order valence-corrected chi connectivity index (χ1v) is 10.9. The van der Waals surface area contributed by atoms with Crippen LogP contribution in [0.25, 0.3) is 5.57 Å². The molecule has 0 aromatic heterocycles. The van der Waals surface area contributed by atoms with Crippen LogP contribution in [0.2, 0.25) is 0 Å². The Morgan fingerprint density at radius 2 is 2.00 bits per heavy atom. The summed E-state index contributed by atoms with van der Waals surface area (Å²) in [5.41, 5.74) is 4.53. The molecule has 156 valence electrons. The lowest BCUT2D eigenvalue weighted by molar-refractivity contribution is -0.137. The molecule has 3 rings (SSSR count). The number of hydrogen-bond donors (Lipinski definition) is 0. The highest BCUT2D eigenvalue weighted by molar-refractivity contribution is 5.84. The maximum atomic E-state index is 11.7. The van der Waals surface area contributed by atoms with Gasteiger partial charge in [-0.05, 0) is 61.4 Å². The summed E-state index contributed by atoms with van der Waals surface area (Å²) in [4.78, 5) is 11.7. The molecule has 0 N–H and O–H groups in total. The molecule has 1 aliphatic heterocycles. The van der Waals surface area contributed by atoms with Gasteiger partial charge in [0.2, 0.25) is 0 Å². The van der Waals surface area contributed by atoms with Crippen molar-refractivity contribution in [3.8, 4) is 5.75 Å². The Morgan fingerprint density at radius 1 is 1.24 bits per heavy atom. The predicted molar refractivity (Wildman–Crippen MR) is 119 cm³/mol. The smallest absolute Gasteiger partial charge is 0.330 e. The fourth-order valence-electron chi connectivity index (χ4n) is 4.17. The number of rotatable bonds is 5. The van der Waals surface area contributed by atoms with Crippen LogP contribution in [-0.4, -0.2) is 19.2 Å². The first kappa shape index (κ1) is 21.4. The van der Waals surface area contributed by atoms with Gasteiger partial charge in [-0.2, -0.15) is 0 Å². The zero-order valence-electron chi connectivity index (χ0n) is 18.3. The second kappa shape index (κ2) is 9.47. The van der Waals surface area contributed by atoms with Crippen LogP contribution in [0.3, 0.4) is 0 Å². The van der Waals surface area contributed by atoms with Crippen molar-refractivity contribution in [1.29, 1.82) is 0 Å². The molecule has 1 aliphatic carbocycles. The molecular formula is C26H34O3. The molecule has 29 heavy (non-hydrogen) atoms. The van der Waals surface area contributed by atoms with Crippen molar-refractivity contribution in [2.75, 3.05) is 13.2 Å². The van der Waals surface area contributed by atoms with Gasteiger partial charge in [-0.25, -0.2) is 4.79 Å². The minimum Gasteiger partial charge on any atom is -0.492 e. The van der Waals surface area contributed by atoms with Crippen LogP contribution >= 0.6 is 0 Å². The summed E-state index contributed by atoms with van der Waals surface area (Å²) in [6, 6.07) is 6.72.